The van der Waals surface area contributed by atoms with Gasteiger partial charge in [0.05, 0.1) is 0 Å². The van der Waals surface area contributed by atoms with Crippen molar-refractivity contribution in [2.45, 2.75) is 0 Å². The maximum Gasteiger partial charge on any atom is 0.354 e. The molecule has 0 amide bonds. The number of halogens is 1. The summed E-state index contributed by atoms with van der Waals surface area (Å²) in [6.07, 6.45) is 1.85. The van der Waals surface area contributed by atoms with Crippen LogP contribution in [0.15, 0.2) is 22.8 Å². The van der Waals surface area contributed by atoms with Crippen LogP contribution < -0.4 is 0 Å². The fourth-order valence-corrected chi connectivity index (χ4v) is 1.94. The van der Waals surface area contributed by atoms with Gasteiger partial charge in [0.15, 0.2) is 5.69 Å². The Labute approximate surface area is 88.3 Å². The second kappa shape index (κ2) is 3.09. The van der Waals surface area contributed by atoms with Crippen LogP contribution in [0.25, 0.3) is 11.0 Å². The maximum absolute atomic E-state index is 10.7. The monoisotopic (exact) mass is 254 g/mol. The molecule has 0 aliphatic rings. The molecule has 0 fully saturated rings. The van der Waals surface area contributed by atoms with E-state index >= 15 is 0 Å². The van der Waals surface area contributed by atoms with Gasteiger partial charge < -0.3 is 9.67 Å². The first-order valence-corrected chi connectivity index (χ1v) is 4.74. The quantitative estimate of drug-likeness (QED) is 0.848. The van der Waals surface area contributed by atoms with Crippen molar-refractivity contribution in [2.24, 2.45) is 7.05 Å². The van der Waals surface area contributed by atoms with Crippen molar-refractivity contribution in [1.29, 1.82) is 0 Å². The van der Waals surface area contributed by atoms with Crippen LogP contribution in [0.2, 0.25) is 0 Å². The molecule has 2 heterocycles. The van der Waals surface area contributed by atoms with Crippen LogP contribution in [0.3, 0.4) is 0 Å². The van der Waals surface area contributed by atoms with E-state index in [0.29, 0.717) is 5.65 Å². The Hall–Kier alpha value is -1.36. The highest BCUT2D eigenvalue weighted by atomic mass is 79.9. The van der Waals surface area contributed by atoms with Gasteiger partial charge in [0, 0.05) is 23.1 Å². The number of nitrogens with zero attached hydrogens (tertiary/aromatic N) is 2. The lowest BCUT2D eigenvalue weighted by atomic mass is 10.3. The van der Waals surface area contributed by atoms with Gasteiger partial charge in [-0.05, 0) is 28.1 Å². The Morgan fingerprint density at radius 3 is 2.93 bits per heavy atom. The first-order chi connectivity index (χ1) is 6.59. The summed E-state index contributed by atoms with van der Waals surface area (Å²) in [6, 6.07) is 3.24. The minimum atomic E-state index is -1.01. The molecule has 2 aromatic rings. The number of pyridine rings is 1. The van der Waals surface area contributed by atoms with Crippen molar-refractivity contribution in [3.8, 4) is 0 Å². The molecule has 0 atom stereocenters. The predicted molar refractivity (Wildman–Crippen MR) is 55.4 cm³/mol. The Morgan fingerprint density at radius 1 is 1.57 bits per heavy atom. The molecule has 14 heavy (non-hydrogen) atoms. The van der Waals surface area contributed by atoms with Gasteiger partial charge in [-0.25, -0.2) is 9.78 Å². The zero-order valence-corrected chi connectivity index (χ0v) is 8.95. The zero-order valence-electron chi connectivity index (χ0n) is 7.36. The molecule has 0 aliphatic heterocycles. The molecule has 2 rings (SSSR count). The van der Waals surface area contributed by atoms with Crippen molar-refractivity contribution in [3.05, 3.63) is 28.5 Å². The van der Waals surface area contributed by atoms with Crippen LogP contribution in [-0.4, -0.2) is 20.6 Å². The smallest absolute Gasteiger partial charge is 0.354 e. The predicted octanol–water partition coefficient (Wildman–Crippen LogP) is 2.03. The van der Waals surface area contributed by atoms with E-state index in [0.717, 1.165) is 9.86 Å². The minimum absolute atomic E-state index is 0.0613. The van der Waals surface area contributed by atoms with E-state index in [4.69, 9.17) is 5.11 Å². The molecule has 0 radical (unpaired) electrons. The molecule has 1 N–H and O–H groups in total. The third-order valence-corrected chi connectivity index (χ3v) is 2.62. The lowest BCUT2D eigenvalue weighted by Crippen LogP contribution is -2.00. The third kappa shape index (κ3) is 1.29. The summed E-state index contributed by atoms with van der Waals surface area (Å²) < 4.78 is 2.70. The van der Waals surface area contributed by atoms with Gasteiger partial charge in [0.2, 0.25) is 0 Å². The second-order valence-corrected chi connectivity index (χ2v) is 3.82. The summed E-state index contributed by atoms with van der Waals surface area (Å²) >= 11 is 3.37. The molecular formula is C9H7BrN2O2. The molecule has 0 bridgehead atoms. The summed E-state index contributed by atoms with van der Waals surface area (Å²) in [6.45, 7) is 0. The first-order valence-electron chi connectivity index (χ1n) is 3.94. The number of carboxylic acid groups (broad SMARTS) is 1. The molecule has 0 aliphatic carbocycles. The average Bonchev–Trinajstić information content (AvgIpc) is 2.42. The minimum Gasteiger partial charge on any atom is -0.477 e. The Balaban J connectivity index is 2.77. The van der Waals surface area contributed by atoms with E-state index < -0.39 is 5.97 Å². The van der Waals surface area contributed by atoms with Gasteiger partial charge in [-0.1, -0.05) is 0 Å². The Morgan fingerprint density at radius 2 is 2.29 bits per heavy atom. The van der Waals surface area contributed by atoms with E-state index in [1.165, 1.54) is 6.07 Å². The second-order valence-electron chi connectivity index (χ2n) is 2.96. The van der Waals surface area contributed by atoms with Gasteiger partial charge in [-0.2, -0.15) is 0 Å². The number of aromatic nitrogens is 2. The van der Waals surface area contributed by atoms with Crippen LogP contribution >= 0.6 is 15.9 Å². The first kappa shape index (κ1) is 9.21. The summed E-state index contributed by atoms with van der Waals surface area (Å²) in [5.41, 5.74) is 0.725. The molecule has 0 aromatic carbocycles. The number of hydrogen-bond donors (Lipinski definition) is 1. The van der Waals surface area contributed by atoms with Crippen LogP contribution in [-0.2, 0) is 7.05 Å². The highest BCUT2D eigenvalue weighted by Gasteiger charge is 2.09. The number of carbonyl (C=O) groups is 1. The van der Waals surface area contributed by atoms with Crippen LogP contribution in [0.5, 0.6) is 0 Å². The summed E-state index contributed by atoms with van der Waals surface area (Å²) in [5, 5.41) is 9.67. The number of fused-ring (bicyclic) bond motifs is 1. The number of aryl methyl sites for hydroxylation is 1. The number of aromatic carboxylic acids is 1. The van der Waals surface area contributed by atoms with E-state index in [9.17, 15) is 4.79 Å². The molecule has 0 unspecified atom stereocenters. The Kier molecular flexibility index (Phi) is 2.03. The van der Waals surface area contributed by atoms with E-state index in [1.807, 2.05) is 13.2 Å². The highest BCUT2D eigenvalue weighted by Crippen LogP contribution is 2.24. The average molecular weight is 255 g/mol. The van der Waals surface area contributed by atoms with Gasteiger partial charge in [0.1, 0.15) is 5.65 Å². The fraction of sp³-hybridized carbons (Fsp3) is 0.111. The van der Waals surface area contributed by atoms with Gasteiger partial charge in [-0.3, -0.25) is 0 Å². The summed E-state index contributed by atoms with van der Waals surface area (Å²) in [5.74, 6) is -1.01. The normalized spacial score (nSPS) is 10.7. The van der Waals surface area contributed by atoms with Crippen LogP contribution in [0.1, 0.15) is 10.5 Å². The van der Waals surface area contributed by atoms with Crippen molar-refractivity contribution in [1.82, 2.24) is 9.55 Å². The molecule has 0 saturated heterocycles. The van der Waals surface area contributed by atoms with Crippen LogP contribution in [0, 0.1) is 0 Å². The number of carboxylic acids is 1. The van der Waals surface area contributed by atoms with Gasteiger partial charge in [0.25, 0.3) is 0 Å². The van der Waals surface area contributed by atoms with E-state index in [1.54, 1.807) is 10.6 Å². The van der Waals surface area contributed by atoms with E-state index in [2.05, 4.69) is 20.9 Å². The van der Waals surface area contributed by atoms with Crippen molar-refractivity contribution < 1.29 is 9.90 Å². The zero-order chi connectivity index (χ0) is 10.3. The molecule has 0 saturated carbocycles. The SMILES string of the molecule is Cn1cc(Br)c2ccc(C(=O)O)nc21. The van der Waals surface area contributed by atoms with E-state index in [-0.39, 0.29) is 5.69 Å². The largest absolute Gasteiger partial charge is 0.477 e. The summed E-state index contributed by atoms with van der Waals surface area (Å²) in [7, 11) is 1.83. The van der Waals surface area contributed by atoms with Crippen molar-refractivity contribution in [2.75, 3.05) is 0 Å². The molecule has 0 spiro atoms. The Bertz CT molecular complexity index is 519. The standard InChI is InChI=1S/C9H7BrN2O2/c1-12-4-6(10)5-2-3-7(9(13)14)11-8(5)12/h2-4H,1H3,(H,13,14). The fourth-order valence-electron chi connectivity index (χ4n) is 1.32. The maximum atomic E-state index is 10.7. The molecule has 5 heteroatoms. The van der Waals surface area contributed by atoms with Gasteiger partial charge in [-0.15, -0.1) is 0 Å². The topological polar surface area (TPSA) is 55.1 Å². The molecular weight excluding hydrogens is 248 g/mol. The third-order valence-electron chi connectivity index (χ3n) is 1.99. The number of rotatable bonds is 1. The molecule has 4 nitrogen and oxygen atoms in total. The lowest BCUT2D eigenvalue weighted by Gasteiger charge is -1.96. The number of hydrogen-bond acceptors (Lipinski definition) is 2. The van der Waals surface area contributed by atoms with Crippen molar-refractivity contribution >= 4 is 32.9 Å². The van der Waals surface area contributed by atoms with Crippen molar-refractivity contribution in [3.63, 3.8) is 0 Å². The van der Waals surface area contributed by atoms with Gasteiger partial charge >= 0.3 is 5.97 Å². The highest BCUT2D eigenvalue weighted by molar-refractivity contribution is 9.10. The molecule has 72 valence electrons. The van der Waals surface area contributed by atoms with Crippen LogP contribution in [0.4, 0.5) is 0 Å². The lowest BCUT2D eigenvalue weighted by molar-refractivity contribution is 0.0691. The molecule has 2 aromatic heterocycles. The summed E-state index contributed by atoms with van der Waals surface area (Å²) in [4.78, 5) is 14.7.